The van der Waals surface area contributed by atoms with E-state index in [1.165, 1.54) is 0 Å². The zero-order chi connectivity index (χ0) is 10.8. The van der Waals surface area contributed by atoms with Crippen molar-refractivity contribution < 1.29 is 4.74 Å². The number of fused-ring (bicyclic) bond motifs is 1. The van der Waals surface area contributed by atoms with Crippen molar-refractivity contribution in [3.63, 3.8) is 0 Å². The standard InChI is InChI=1S/C12H16ClNO/c1-2-3-9-7-11(14)10-6-8(13)4-5-12(10)15-9/h4-6,9,11H,2-3,7,14H2,1H3. The van der Waals surface area contributed by atoms with E-state index in [2.05, 4.69) is 6.92 Å². The van der Waals surface area contributed by atoms with Gasteiger partial charge >= 0.3 is 0 Å². The highest BCUT2D eigenvalue weighted by Crippen LogP contribution is 2.36. The number of benzene rings is 1. The molecule has 0 saturated carbocycles. The number of nitrogens with two attached hydrogens (primary N) is 1. The molecule has 1 aliphatic heterocycles. The predicted octanol–water partition coefficient (Wildman–Crippen LogP) is 3.29. The summed E-state index contributed by atoms with van der Waals surface area (Å²) in [6.07, 6.45) is 3.34. The molecule has 2 rings (SSSR count). The molecule has 0 saturated heterocycles. The van der Waals surface area contributed by atoms with Crippen LogP contribution in [0, 0.1) is 0 Å². The van der Waals surface area contributed by atoms with E-state index in [1.807, 2.05) is 18.2 Å². The van der Waals surface area contributed by atoms with Crippen molar-refractivity contribution in [2.75, 3.05) is 0 Å². The summed E-state index contributed by atoms with van der Waals surface area (Å²) in [5.74, 6) is 0.900. The zero-order valence-corrected chi connectivity index (χ0v) is 9.63. The maximum Gasteiger partial charge on any atom is 0.124 e. The second kappa shape index (κ2) is 4.42. The Morgan fingerprint density at radius 2 is 2.33 bits per heavy atom. The van der Waals surface area contributed by atoms with E-state index in [0.29, 0.717) is 0 Å². The van der Waals surface area contributed by atoms with Gasteiger partial charge in [-0.2, -0.15) is 0 Å². The number of hydrogen-bond acceptors (Lipinski definition) is 2. The minimum atomic E-state index is 0.0593. The van der Waals surface area contributed by atoms with E-state index in [0.717, 1.165) is 35.6 Å². The molecule has 0 spiro atoms. The average Bonchev–Trinajstić information content (AvgIpc) is 2.20. The van der Waals surface area contributed by atoms with Gasteiger partial charge in [0.05, 0.1) is 0 Å². The monoisotopic (exact) mass is 225 g/mol. The van der Waals surface area contributed by atoms with Gasteiger partial charge in [0.2, 0.25) is 0 Å². The van der Waals surface area contributed by atoms with Crippen LogP contribution in [0.5, 0.6) is 5.75 Å². The summed E-state index contributed by atoms with van der Waals surface area (Å²) in [5.41, 5.74) is 7.13. The molecule has 2 nitrogen and oxygen atoms in total. The Labute approximate surface area is 95.4 Å². The van der Waals surface area contributed by atoms with Gasteiger partial charge in [-0.15, -0.1) is 0 Å². The lowest BCUT2D eigenvalue weighted by atomic mass is 9.95. The molecule has 0 radical (unpaired) electrons. The highest BCUT2D eigenvalue weighted by molar-refractivity contribution is 6.30. The molecule has 1 aliphatic rings. The Morgan fingerprint density at radius 1 is 1.53 bits per heavy atom. The smallest absolute Gasteiger partial charge is 0.124 e. The van der Waals surface area contributed by atoms with Crippen molar-refractivity contribution in [2.45, 2.75) is 38.3 Å². The second-order valence-electron chi connectivity index (χ2n) is 4.05. The lowest BCUT2D eigenvalue weighted by Gasteiger charge is -2.30. The number of halogens is 1. The molecule has 1 aromatic carbocycles. The zero-order valence-electron chi connectivity index (χ0n) is 8.87. The first-order valence-electron chi connectivity index (χ1n) is 5.42. The van der Waals surface area contributed by atoms with Crippen LogP contribution in [0.3, 0.4) is 0 Å². The van der Waals surface area contributed by atoms with Gasteiger partial charge in [0, 0.05) is 23.0 Å². The van der Waals surface area contributed by atoms with Crippen LogP contribution in [-0.2, 0) is 0 Å². The molecule has 15 heavy (non-hydrogen) atoms. The largest absolute Gasteiger partial charge is 0.490 e. The third kappa shape index (κ3) is 2.27. The Bertz CT molecular complexity index is 353. The molecule has 1 heterocycles. The SMILES string of the molecule is CCCC1CC(N)c2cc(Cl)ccc2O1. The van der Waals surface area contributed by atoms with Gasteiger partial charge in [-0.25, -0.2) is 0 Å². The van der Waals surface area contributed by atoms with Crippen molar-refractivity contribution in [2.24, 2.45) is 5.73 Å². The summed E-state index contributed by atoms with van der Waals surface area (Å²) in [6, 6.07) is 5.73. The number of ether oxygens (including phenoxy) is 1. The van der Waals surface area contributed by atoms with E-state index in [-0.39, 0.29) is 12.1 Å². The Hall–Kier alpha value is -0.730. The van der Waals surface area contributed by atoms with Crippen molar-refractivity contribution in [3.8, 4) is 5.75 Å². The van der Waals surface area contributed by atoms with Crippen molar-refractivity contribution in [3.05, 3.63) is 28.8 Å². The van der Waals surface area contributed by atoms with E-state index >= 15 is 0 Å². The highest BCUT2D eigenvalue weighted by atomic mass is 35.5. The summed E-state index contributed by atoms with van der Waals surface area (Å²) in [4.78, 5) is 0. The molecule has 2 N–H and O–H groups in total. The van der Waals surface area contributed by atoms with Crippen LogP contribution in [0.25, 0.3) is 0 Å². The fourth-order valence-corrected chi connectivity index (χ4v) is 2.23. The molecule has 0 amide bonds. The van der Waals surface area contributed by atoms with Gasteiger partial charge in [-0.1, -0.05) is 24.9 Å². The summed E-state index contributed by atoms with van der Waals surface area (Å²) in [7, 11) is 0. The molecule has 82 valence electrons. The first-order chi connectivity index (χ1) is 7.20. The molecule has 0 fully saturated rings. The fraction of sp³-hybridized carbons (Fsp3) is 0.500. The number of hydrogen-bond donors (Lipinski definition) is 1. The first-order valence-corrected chi connectivity index (χ1v) is 5.80. The Balaban J connectivity index is 2.24. The van der Waals surface area contributed by atoms with Crippen molar-refractivity contribution in [1.29, 1.82) is 0 Å². The van der Waals surface area contributed by atoms with E-state index < -0.39 is 0 Å². The summed E-state index contributed by atoms with van der Waals surface area (Å²) >= 11 is 5.93. The third-order valence-corrected chi connectivity index (χ3v) is 3.03. The molecule has 1 aromatic rings. The molecule has 3 heteroatoms. The maximum absolute atomic E-state index is 6.10. The summed E-state index contributed by atoms with van der Waals surface area (Å²) < 4.78 is 5.86. The van der Waals surface area contributed by atoms with Crippen LogP contribution in [0.2, 0.25) is 5.02 Å². The van der Waals surface area contributed by atoms with Crippen LogP contribution >= 0.6 is 11.6 Å². The summed E-state index contributed by atoms with van der Waals surface area (Å²) in [5, 5.41) is 0.724. The van der Waals surface area contributed by atoms with Gasteiger partial charge in [0.1, 0.15) is 11.9 Å². The van der Waals surface area contributed by atoms with Crippen LogP contribution in [0.1, 0.15) is 37.8 Å². The third-order valence-electron chi connectivity index (χ3n) is 2.79. The molecule has 0 aliphatic carbocycles. The minimum absolute atomic E-state index is 0.0593. The quantitative estimate of drug-likeness (QED) is 0.838. The highest BCUT2D eigenvalue weighted by Gasteiger charge is 2.25. The molecule has 0 bridgehead atoms. The van der Waals surface area contributed by atoms with Crippen LogP contribution in [0.4, 0.5) is 0 Å². The fourth-order valence-electron chi connectivity index (χ4n) is 2.05. The van der Waals surface area contributed by atoms with Crippen LogP contribution < -0.4 is 10.5 Å². The molecule has 2 unspecified atom stereocenters. The Kier molecular flexibility index (Phi) is 3.17. The average molecular weight is 226 g/mol. The van der Waals surface area contributed by atoms with Gasteiger partial charge < -0.3 is 10.5 Å². The molecular weight excluding hydrogens is 210 g/mol. The minimum Gasteiger partial charge on any atom is -0.490 e. The summed E-state index contributed by atoms with van der Waals surface area (Å²) in [6.45, 7) is 2.16. The molecule has 0 aromatic heterocycles. The predicted molar refractivity (Wildman–Crippen MR) is 62.3 cm³/mol. The normalized spacial score (nSPS) is 24.5. The number of rotatable bonds is 2. The van der Waals surface area contributed by atoms with E-state index in [4.69, 9.17) is 22.1 Å². The van der Waals surface area contributed by atoms with E-state index in [1.54, 1.807) is 0 Å². The lowest BCUT2D eigenvalue weighted by molar-refractivity contribution is 0.149. The van der Waals surface area contributed by atoms with Crippen LogP contribution in [0.15, 0.2) is 18.2 Å². The van der Waals surface area contributed by atoms with Gasteiger partial charge in [-0.05, 0) is 24.6 Å². The second-order valence-corrected chi connectivity index (χ2v) is 4.49. The maximum atomic E-state index is 6.10. The first kappa shape index (κ1) is 10.8. The van der Waals surface area contributed by atoms with Crippen molar-refractivity contribution >= 4 is 11.6 Å². The van der Waals surface area contributed by atoms with Gasteiger partial charge in [-0.3, -0.25) is 0 Å². The molecule has 2 atom stereocenters. The van der Waals surface area contributed by atoms with Gasteiger partial charge in [0.25, 0.3) is 0 Å². The van der Waals surface area contributed by atoms with Gasteiger partial charge in [0.15, 0.2) is 0 Å². The van der Waals surface area contributed by atoms with E-state index in [9.17, 15) is 0 Å². The van der Waals surface area contributed by atoms with Crippen LogP contribution in [-0.4, -0.2) is 6.10 Å². The van der Waals surface area contributed by atoms with Crippen molar-refractivity contribution in [1.82, 2.24) is 0 Å². The Morgan fingerprint density at radius 3 is 3.07 bits per heavy atom. The lowest BCUT2D eigenvalue weighted by Crippen LogP contribution is -2.29. The molecular formula is C12H16ClNO. The topological polar surface area (TPSA) is 35.2 Å².